The highest BCUT2D eigenvalue weighted by molar-refractivity contribution is 5.91. The molecule has 0 spiro atoms. The van der Waals surface area contributed by atoms with Gasteiger partial charge in [0.2, 0.25) is 0 Å². The van der Waals surface area contributed by atoms with Gasteiger partial charge in [0.05, 0.1) is 6.10 Å². The Kier molecular flexibility index (Phi) is 3.58. The monoisotopic (exact) mass is 316 g/mol. The van der Waals surface area contributed by atoms with Crippen molar-refractivity contribution in [3.05, 3.63) is 12.2 Å². The number of hydrogen-bond donors (Lipinski definition) is 1. The van der Waals surface area contributed by atoms with Crippen molar-refractivity contribution in [2.24, 2.45) is 40.4 Å². The van der Waals surface area contributed by atoms with E-state index in [2.05, 4.69) is 19.9 Å². The van der Waals surface area contributed by atoms with Crippen LogP contribution in [0.25, 0.3) is 0 Å². The van der Waals surface area contributed by atoms with Gasteiger partial charge in [-0.05, 0) is 91.9 Å². The zero-order valence-electron chi connectivity index (χ0n) is 14.9. The second-order valence-electron chi connectivity index (χ2n) is 9.49. The summed E-state index contributed by atoms with van der Waals surface area (Å²) in [6, 6.07) is 0. The van der Waals surface area contributed by atoms with Gasteiger partial charge in [0.25, 0.3) is 0 Å². The second-order valence-corrected chi connectivity index (χ2v) is 9.49. The van der Waals surface area contributed by atoms with Crippen molar-refractivity contribution >= 4 is 5.78 Å². The van der Waals surface area contributed by atoms with Gasteiger partial charge in [-0.25, -0.2) is 0 Å². The Morgan fingerprint density at radius 2 is 1.91 bits per heavy atom. The first-order valence-electron chi connectivity index (χ1n) is 9.76. The maximum Gasteiger partial charge on any atom is 0.155 e. The number of hydrogen-bond acceptors (Lipinski definition) is 2. The van der Waals surface area contributed by atoms with Crippen LogP contribution in [-0.2, 0) is 4.79 Å². The van der Waals surface area contributed by atoms with Crippen LogP contribution < -0.4 is 0 Å². The average molecular weight is 316 g/mol. The lowest BCUT2D eigenvalue weighted by molar-refractivity contribution is -0.123. The summed E-state index contributed by atoms with van der Waals surface area (Å²) >= 11 is 0. The molecule has 0 aromatic rings. The van der Waals surface area contributed by atoms with Gasteiger partial charge < -0.3 is 5.11 Å². The van der Waals surface area contributed by atoms with Crippen LogP contribution in [0.2, 0.25) is 0 Å². The molecule has 3 saturated carbocycles. The lowest BCUT2D eigenvalue weighted by Crippen LogP contribution is -2.53. The topological polar surface area (TPSA) is 37.3 Å². The Hall–Kier alpha value is -0.630. The van der Waals surface area contributed by atoms with E-state index in [0.717, 1.165) is 24.2 Å². The smallest absolute Gasteiger partial charge is 0.155 e. The van der Waals surface area contributed by atoms with E-state index < -0.39 is 0 Å². The minimum atomic E-state index is -0.166. The molecule has 2 heteroatoms. The van der Waals surface area contributed by atoms with Crippen molar-refractivity contribution in [3.63, 3.8) is 0 Å². The zero-order chi connectivity index (χ0) is 16.4. The molecular weight excluding hydrogens is 284 g/mol. The van der Waals surface area contributed by atoms with E-state index in [1.54, 1.807) is 0 Å². The number of fused-ring (bicyclic) bond motifs is 5. The Balaban J connectivity index is 1.65. The molecule has 0 aromatic heterocycles. The molecule has 4 rings (SSSR count). The number of ketones is 1. The minimum absolute atomic E-state index is 0.166. The summed E-state index contributed by atoms with van der Waals surface area (Å²) in [6.07, 6.45) is 12.3. The maximum atomic E-state index is 11.9. The fourth-order valence-electron chi connectivity index (χ4n) is 7.47. The third-order valence-corrected chi connectivity index (χ3v) is 8.70. The van der Waals surface area contributed by atoms with E-state index in [1.807, 2.05) is 13.0 Å². The molecule has 0 amide bonds. The van der Waals surface area contributed by atoms with E-state index in [4.69, 9.17) is 0 Å². The van der Waals surface area contributed by atoms with E-state index in [9.17, 15) is 9.90 Å². The summed E-state index contributed by atoms with van der Waals surface area (Å²) in [4.78, 5) is 11.9. The molecule has 0 aliphatic heterocycles. The normalized spacial score (nSPS) is 53.4. The predicted molar refractivity (Wildman–Crippen MR) is 91.8 cm³/mol. The molecule has 8 atom stereocenters. The SMILES string of the molecule is C[C@H](O)[C@H]1CC[C@H]2[C@@H]3CC[C@H]4CC(=O)C=C[C@]4(C)[C@H]3CC[C@]12C. The molecule has 0 bridgehead atoms. The molecule has 0 radical (unpaired) electrons. The van der Waals surface area contributed by atoms with E-state index in [1.165, 1.54) is 38.5 Å². The van der Waals surface area contributed by atoms with Crippen LogP contribution in [-0.4, -0.2) is 17.0 Å². The van der Waals surface area contributed by atoms with Crippen molar-refractivity contribution in [2.45, 2.75) is 71.8 Å². The molecule has 1 N–H and O–H groups in total. The zero-order valence-corrected chi connectivity index (χ0v) is 14.9. The number of aliphatic hydroxyl groups excluding tert-OH is 1. The number of allylic oxidation sites excluding steroid dienone is 2. The van der Waals surface area contributed by atoms with Gasteiger partial charge in [-0.1, -0.05) is 19.9 Å². The van der Waals surface area contributed by atoms with Gasteiger partial charge in [-0.3, -0.25) is 4.79 Å². The van der Waals surface area contributed by atoms with E-state index in [0.29, 0.717) is 23.0 Å². The number of carbonyl (C=O) groups excluding carboxylic acids is 1. The van der Waals surface area contributed by atoms with E-state index in [-0.39, 0.29) is 11.5 Å². The van der Waals surface area contributed by atoms with Crippen LogP contribution in [0.5, 0.6) is 0 Å². The van der Waals surface area contributed by atoms with Crippen LogP contribution in [0.15, 0.2) is 12.2 Å². The minimum Gasteiger partial charge on any atom is -0.393 e. The molecular formula is C21H32O2. The van der Waals surface area contributed by atoms with Crippen LogP contribution in [0.4, 0.5) is 0 Å². The van der Waals surface area contributed by atoms with Crippen molar-refractivity contribution in [1.82, 2.24) is 0 Å². The maximum absolute atomic E-state index is 11.9. The summed E-state index contributed by atoms with van der Waals surface area (Å²) in [5.74, 6) is 3.72. The first kappa shape index (κ1) is 15.9. The van der Waals surface area contributed by atoms with Gasteiger partial charge >= 0.3 is 0 Å². The highest BCUT2D eigenvalue weighted by Gasteiger charge is 2.59. The fraction of sp³-hybridized carbons (Fsp3) is 0.857. The Labute approximate surface area is 140 Å². The van der Waals surface area contributed by atoms with Crippen molar-refractivity contribution in [2.75, 3.05) is 0 Å². The Morgan fingerprint density at radius 3 is 2.65 bits per heavy atom. The predicted octanol–water partition coefficient (Wildman–Crippen LogP) is 4.37. The van der Waals surface area contributed by atoms with Gasteiger partial charge in [0.15, 0.2) is 5.78 Å². The molecule has 3 fully saturated rings. The fourth-order valence-corrected chi connectivity index (χ4v) is 7.47. The van der Waals surface area contributed by atoms with Crippen LogP contribution >= 0.6 is 0 Å². The summed E-state index contributed by atoms with van der Waals surface area (Å²) in [5.41, 5.74) is 0.577. The van der Waals surface area contributed by atoms with Crippen LogP contribution in [0.1, 0.15) is 65.7 Å². The van der Waals surface area contributed by atoms with Crippen LogP contribution in [0, 0.1) is 40.4 Å². The molecule has 0 saturated heterocycles. The number of carbonyl (C=O) groups is 1. The van der Waals surface area contributed by atoms with Crippen molar-refractivity contribution < 1.29 is 9.90 Å². The molecule has 0 heterocycles. The summed E-state index contributed by atoms with van der Waals surface area (Å²) in [7, 11) is 0. The van der Waals surface area contributed by atoms with Crippen molar-refractivity contribution in [1.29, 1.82) is 0 Å². The molecule has 4 aliphatic carbocycles. The molecule has 4 aliphatic rings. The second kappa shape index (κ2) is 5.18. The highest BCUT2D eigenvalue weighted by Crippen LogP contribution is 2.66. The van der Waals surface area contributed by atoms with Crippen LogP contribution in [0.3, 0.4) is 0 Å². The quantitative estimate of drug-likeness (QED) is 0.780. The third-order valence-electron chi connectivity index (χ3n) is 8.70. The largest absolute Gasteiger partial charge is 0.393 e. The van der Waals surface area contributed by atoms with Gasteiger partial charge in [0.1, 0.15) is 0 Å². The first-order chi connectivity index (χ1) is 10.9. The molecule has 23 heavy (non-hydrogen) atoms. The standard InChI is InChI=1S/C21H32O2/c1-13(22)17-6-7-18-16-5-4-14-12-15(23)8-10-20(14,2)19(16)9-11-21(17,18)3/h8,10,13-14,16-19,22H,4-7,9,11-12H2,1-3H3/t13-,14-,16-,17+,18-,19-,20-,21+/m0/s1. The summed E-state index contributed by atoms with van der Waals surface area (Å²) in [6.45, 7) is 6.90. The van der Waals surface area contributed by atoms with Gasteiger partial charge in [-0.2, -0.15) is 0 Å². The molecule has 0 unspecified atom stereocenters. The average Bonchev–Trinajstić information content (AvgIpc) is 2.85. The Morgan fingerprint density at radius 1 is 1.13 bits per heavy atom. The summed E-state index contributed by atoms with van der Waals surface area (Å²) in [5, 5.41) is 10.3. The summed E-state index contributed by atoms with van der Waals surface area (Å²) < 4.78 is 0. The highest BCUT2D eigenvalue weighted by atomic mass is 16.3. The lowest BCUT2D eigenvalue weighted by Gasteiger charge is -2.59. The lowest BCUT2D eigenvalue weighted by atomic mass is 9.46. The number of rotatable bonds is 1. The van der Waals surface area contributed by atoms with Crippen molar-refractivity contribution in [3.8, 4) is 0 Å². The first-order valence-corrected chi connectivity index (χ1v) is 9.76. The van der Waals surface area contributed by atoms with E-state index >= 15 is 0 Å². The Bertz CT molecular complexity index is 536. The van der Waals surface area contributed by atoms with Gasteiger partial charge in [-0.15, -0.1) is 0 Å². The molecule has 2 nitrogen and oxygen atoms in total. The molecule has 128 valence electrons. The third kappa shape index (κ3) is 2.13. The number of aliphatic hydroxyl groups is 1. The van der Waals surface area contributed by atoms with Gasteiger partial charge in [0, 0.05) is 6.42 Å². The molecule has 0 aromatic carbocycles.